The maximum Gasteiger partial charge on any atom is 0.154 e. The molecule has 0 aromatic heterocycles. The minimum Gasteiger partial charge on any atom is -0.382 e. The SMILES string of the molecule is COC[C@@H]1CCSC(N)=N1. The Hall–Kier alpha value is -0.220. The highest BCUT2D eigenvalue weighted by molar-refractivity contribution is 8.13. The van der Waals surface area contributed by atoms with Crippen molar-refractivity contribution in [3.8, 4) is 0 Å². The van der Waals surface area contributed by atoms with E-state index < -0.39 is 0 Å². The quantitative estimate of drug-likeness (QED) is 0.638. The number of methoxy groups -OCH3 is 1. The molecule has 1 heterocycles. The van der Waals surface area contributed by atoms with Crippen LogP contribution in [0.4, 0.5) is 0 Å². The zero-order valence-corrected chi connectivity index (χ0v) is 6.86. The van der Waals surface area contributed by atoms with E-state index in [0.29, 0.717) is 17.8 Å². The van der Waals surface area contributed by atoms with Gasteiger partial charge in [0.2, 0.25) is 0 Å². The molecule has 0 radical (unpaired) electrons. The monoisotopic (exact) mass is 160 g/mol. The van der Waals surface area contributed by atoms with E-state index >= 15 is 0 Å². The Morgan fingerprint density at radius 2 is 2.70 bits per heavy atom. The van der Waals surface area contributed by atoms with Crippen molar-refractivity contribution in [1.29, 1.82) is 0 Å². The highest BCUT2D eigenvalue weighted by atomic mass is 32.2. The number of amidine groups is 1. The molecule has 4 heteroatoms. The summed E-state index contributed by atoms with van der Waals surface area (Å²) >= 11 is 1.62. The number of rotatable bonds is 2. The van der Waals surface area contributed by atoms with Crippen molar-refractivity contribution in [2.24, 2.45) is 10.7 Å². The van der Waals surface area contributed by atoms with E-state index in [-0.39, 0.29) is 0 Å². The lowest BCUT2D eigenvalue weighted by Crippen LogP contribution is -2.23. The summed E-state index contributed by atoms with van der Waals surface area (Å²) in [4.78, 5) is 4.20. The average Bonchev–Trinajstić information content (AvgIpc) is 1.88. The Kier molecular flexibility index (Phi) is 3.02. The predicted molar refractivity (Wildman–Crippen MR) is 44.4 cm³/mol. The van der Waals surface area contributed by atoms with Gasteiger partial charge in [0.15, 0.2) is 5.17 Å². The lowest BCUT2D eigenvalue weighted by molar-refractivity contribution is 0.179. The zero-order chi connectivity index (χ0) is 7.40. The highest BCUT2D eigenvalue weighted by Gasteiger charge is 2.12. The van der Waals surface area contributed by atoms with Gasteiger partial charge in [0.1, 0.15) is 0 Å². The molecule has 0 bridgehead atoms. The second-order valence-electron chi connectivity index (χ2n) is 2.21. The third-order valence-electron chi connectivity index (χ3n) is 1.37. The van der Waals surface area contributed by atoms with Gasteiger partial charge < -0.3 is 10.5 Å². The van der Waals surface area contributed by atoms with E-state index in [1.807, 2.05) is 0 Å². The number of hydrogen-bond donors (Lipinski definition) is 1. The summed E-state index contributed by atoms with van der Waals surface area (Å²) in [5, 5.41) is 0.702. The van der Waals surface area contributed by atoms with Gasteiger partial charge in [-0.2, -0.15) is 0 Å². The zero-order valence-electron chi connectivity index (χ0n) is 6.04. The molecule has 0 aromatic rings. The van der Waals surface area contributed by atoms with Gasteiger partial charge in [0, 0.05) is 12.9 Å². The molecule has 10 heavy (non-hydrogen) atoms. The van der Waals surface area contributed by atoms with Crippen molar-refractivity contribution >= 4 is 16.9 Å². The number of aliphatic imine (C=N–C) groups is 1. The van der Waals surface area contributed by atoms with E-state index in [4.69, 9.17) is 10.5 Å². The molecule has 1 rings (SSSR count). The fourth-order valence-electron chi connectivity index (χ4n) is 0.894. The van der Waals surface area contributed by atoms with Crippen LogP contribution in [-0.2, 0) is 4.74 Å². The van der Waals surface area contributed by atoms with Crippen LogP contribution in [0.15, 0.2) is 4.99 Å². The van der Waals surface area contributed by atoms with Gasteiger partial charge in [-0.15, -0.1) is 0 Å². The van der Waals surface area contributed by atoms with Crippen LogP contribution in [0.25, 0.3) is 0 Å². The van der Waals surface area contributed by atoms with E-state index in [1.165, 1.54) is 0 Å². The van der Waals surface area contributed by atoms with Crippen molar-refractivity contribution in [1.82, 2.24) is 0 Å². The van der Waals surface area contributed by atoms with Crippen LogP contribution in [0.3, 0.4) is 0 Å². The van der Waals surface area contributed by atoms with Crippen LogP contribution in [0.1, 0.15) is 6.42 Å². The van der Waals surface area contributed by atoms with Crippen molar-refractivity contribution in [3.05, 3.63) is 0 Å². The highest BCUT2D eigenvalue weighted by Crippen LogP contribution is 2.14. The maximum absolute atomic E-state index is 5.51. The molecule has 1 aliphatic rings. The normalized spacial score (nSPS) is 26.1. The molecular formula is C6H12N2OS. The minimum atomic E-state index is 0.297. The predicted octanol–water partition coefficient (Wildman–Crippen LogP) is 0.453. The fourth-order valence-corrected chi connectivity index (χ4v) is 1.72. The van der Waals surface area contributed by atoms with Gasteiger partial charge in [-0.1, -0.05) is 11.8 Å². The summed E-state index contributed by atoms with van der Waals surface area (Å²) in [6.45, 7) is 0.696. The van der Waals surface area contributed by atoms with Crippen molar-refractivity contribution in [3.63, 3.8) is 0 Å². The molecule has 0 fully saturated rings. The van der Waals surface area contributed by atoms with Gasteiger partial charge in [-0.05, 0) is 6.42 Å². The van der Waals surface area contributed by atoms with Crippen LogP contribution >= 0.6 is 11.8 Å². The lowest BCUT2D eigenvalue weighted by Gasteiger charge is -2.16. The molecule has 3 nitrogen and oxygen atoms in total. The molecule has 58 valence electrons. The largest absolute Gasteiger partial charge is 0.382 e. The molecular weight excluding hydrogens is 148 g/mol. The van der Waals surface area contributed by atoms with E-state index in [9.17, 15) is 0 Å². The van der Waals surface area contributed by atoms with Gasteiger partial charge in [0.05, 0.1) is 12.6 Å². The summed E-state index contributed by atoms with van der Waals surface area (Å²) in [6, 6.07) is 0.297. The van der Waals surface area contributed by atoms with Gasteiger partial charge >= 0.3 is 0 Å². The van der Waals surface area contributed by atoms with Crippen molar-refractivity contribution < 1.29 is 4.74 Å². The number of nitrogens with two attached hydrogens (primary N) is 1. The number of thioether (sulfide) groups is 1. The summed E-state index contributed by atoms with van der Waals surface area (Å²) in [6.07, 6.45) is 1.08. The first-order chi connectivity index (χ1) is 4.83. The van der Waals surface area contributed by atoms with Crippen LogP contribution in [-0.4, -0.2) is 30.7 Å². The lowest BCUT2D eigenvalue weighted by atomic mass is 10.2. The van der Waals surface area contributed by atoms with Crippen LogP contribution in [0.2, 0.25) is 0 Å². The maximum atomic E-state index is 5.51. The minimum absolute atomic E-state index is 0.297. The Labute approximate surface area is 65.0 Å². The molecule has 0 saturated carbocycles. The second kappa shape index (κ2) is 3.83. The topological polar surface area (TPSA) is 47.6 Å². The summed E-state index contributed by atoms with van der Waals surface area (Å²) in [7, 11) is 1.69. The summed E-state index contributed by atoms with van der Waals surface area (Å²) < 4.78 is 4.96. The molecule has 0 amide bonds. The Bertz CT molecular complexity index is 138. The molecule has 2 N–H and O–H groups in total. The van der Waals surface area contributed by atoms with E-state index in [0.717, 1.165) is 12.2 Å². The molecule has 1 aliphatic heterocycles. The first kappa shape index (κ1) is 7.88. The molecule has 0 saturated heterocycles. The third kappa shape index (κ3) is 2.19. The Morgan fingerprint density at radius 1 is 1.90 bits per heavy atom. The molecule has 0 aromatic carbocycles. The second-order valence-corrected chi connectivity index (χ2v) is 3.33. The number of nitrogens with zero attached hydrogens (tertiary/aromatic N) is 1. The van der Waals surface area contributed by atoms with Gasteiger partial charge in [-0.3, -0.25) is 4.99 Å². The first-order valence-corrected chi connectivity index (χ1v) is 4.26. The Balaban J connectivity index is 2.38. The van der Waals surface area contributed by atoms with Crippen molar-refractivity contribution in [2.45, 2.75) is 12.5 Å². The fraction of sp³-hybridized carbons (Fsp3) is 0.833. The molecule has 0 spiro atoms. The standard InChI is InChI=1S/C6H12N2OS/c1-9-4-5-2-3-10-6(7)8-5/h5H,2-4H2,1H3,(H2,7,8)/t5-/m0/s1. The first-order valence-electron chi connectivity index (χ1n) is 3.28. The van der Waals surface area contributed by atoms with E-state index in [2.05, 4.69) is 4.99 Å². The smallest absolute Gasteiger partial charge is 0.154 e. The van der Waals surface area contributed by atoms with Crippen LogP contribution in [0, 0.1) is 0 Å². The van der Waals surface area contributed by atoms with Gasteiger partial charge in [0.25, 0.3) is 0 Å². The molecule has 0 aliphatic carbocycles. The summed E-state index contributed by atoms with van der Waals surface area (Å²) in [5.74, 6) is 1.07. The molecule has 1 atom stereocenters. The number of ether oxygens (including phenoxy) is 1. The molecule has 0 unspecified atom stereocenters. The van der Waals surface area contributed by atoms with Crippen molar-refractivity contribution in [2.75, 3.05) is 19.5 Å². The Morgan fingerprint density at radius 3 is 3.30 bits per heavy atom. The van der Waals surface area contributed by atoms with Crippen LogP contribution in [0.5, 0.6) is 0 Å². The van der Waals surface area contributed by atoms with Crippen LogP contribution < -0.4 is 5.73 Å². The number of hydrogen-bond acceptors (Lipinski definition) is 4. The summed E-state index contributed by atoms with van der Waals surface area (Å²) in [5.41, 5.74) is 5.51. The average molecular weight is 160 g/mol. The van der Waals surface area contributed by atoms with E-state index in [1.54, 1.807) is 18.9 Å². The van der Waals surface area contributed by atoms with Gasteiger partial charge in [-0.25, -0.2) is 0 Å². The third-order valence-corrected chi connectivity index (χ3v) is 2.21.